The van der Waals surface area contributed by atoms with Crippen molar-refractivity contribution in [3.05, 3.63) is 0 Å². The van der Waals surface area contributed by atoms with Crippen LogP contribution >= 0.6 is 0 Å². The third-order valence-electron chi connectivity index (χ3n) is 5.17. The molecular weight excluding hydrogens is 252 g/mol. The van der Waals surface area contributed by atoms with Gasteiger partial charge in [-0.1, -0.05) is 6.92 Å². The van der Waals surface area contributed by atoms with E-state index in [1.807, 2.05) is 18.7 Å². The van der Waals surface area contributed by atoms with Gasteiger partial charge in [-0.15, -0.1) is 0 Å². The van der Waals surface area contributed by atoms with Gasteiger partial charge in [-0.05, 0) is 57.9 Å². The van der Waals surface area contributed by atoms with Gasteiger partial charge in [0.25, 0.3) is 0 Å². The minimum atomic E-state index is -0.268. The molecule has 2 aliphatic heterocycles. The molecule has 3 atom stereocenters. The standard InChI is InChI=1S/C16H30N2O2/c1-12-6-9-17(10-7-12)16(20)13(2)18-8-4-5-15(11-18)14(3)19/h12-15,19H,4-11H2,1-3H3. The Kier molecular flexibility index (Phi) is 5.44. The molecule has 2 aliphatic rings. The summed E-state index contributed by atoms with van der Waals surface area (Å²) in [4.78, 5) is 16.9. The van der Waals surface area contributed by atoms with Crippen LogP contribution in [0.4, 0.5) is 0 Å². The molecule has 0 aromatic carbocycles. The zero-order chi connectivity index (χ0) is 14.7. The number of likely N-dealkylation sites (tertiary alicyclic amines) is 2. The van der Waals surface area contributed by atoms with Gasteiger partial charge >= 0.3 is 0 Å². The molecule has 2 heterocycles. The number of nitrogens with zero attached hydrogens (tertiary/aromatic N) is 2. The highest BCUT2D eigenvalue weighted by molar-refractivity contribution is 5.81. The third kappa shape index (κ3) is 3.73. The van der Waals surface area contributed by atoms with Crippen molar-refractivity contribution in [2.75, 3.05) is 26.2 Å². The van der Waals surface area contributed by atoms with E-state index in [1.165, 1.54) is 0 Å². The molecule has 2 fully saturated rings. The lowest BCUT2D eigenvalue weighted by Gasteiger charge is -2.40. The van der Waals surface area contributed by atoms with E-state index in [-0.39, 0.29) is 18.1 Å². The molecule has 2 rings (SSSR count). The van der Waals surface area contributed by atoms with Crippen LogP contribution in [-0.2, 0) is 4.79 Å². The van der Waals surface area contributed by atoms with Crippen molar-refractivity contribution < 1.29 is 9.90 Å². The quantitative estimate of drug-likeness (QED) is 0.857. The fourth-order valence-corrected chi connectivity index (χ4v) is 3.44. The molecule has 0 bridgehead atoms. The normalized spacial score (nSPS) is 29.2. The average molecular weight is 282 g/mol. The van der Waals surface area contributed by atoms with Gasteiger partial charge in [-0.25, -0.2) is 0 Å². The minimum Gasteiger partial charge on any atom is -0.393 e. The average Bonchev–Trinajstić information content (AvgIpc) is 2.46. The Labute approximate surface area is 123 Å². The number of piperidine rings is 2. The second-order valence-electron chi connectivity index (χ2n) is 6.82. The van der Waals surface area contributed by atoms with Gasteiger partial charge in [0.15, 0.2) is 0 Å². The molecule has 0 spiro atoms. The maximum atomic E-state index is 12.6. The predicted octanol–water partition coefficient (Wildman–Crippen LogP) is 1.73. The van der Waals surface area contributed by atoms with Crippen molar-refractivity contribution in [3.63, 3.8) is 0 Å². The number of carbonyl (C=O) groups is 1. The van der Waals surface area contributed by atoms with Gasteiger partial charge in [0.05, 0.1) is 12.1 Å². The third-order valence-corrected chi connectivity index (χ3v) is 5.17. The maximum absolute atomic E-state index is 12.6. The molecule has 20 heavy (non-hydrogen) atoms. The van der Waals surface area contributed by atoms with Crippen LogP contribution in [0.5, 0.6) is 0 Å². The molecule has 2 saturated heterocycles. The summed E-state index contributed by atoms with van der Waals surface area (Å²) in [7, 11) is 0. The molecule has 4 nitrogen and oxygen atoms in total. The SMILES string of the molecule is CC1CCN(C(=O)C(C)N2CCCC(C(C)O)C2)CC1. The van der Waals surface area contributed by atoms with E-state index in [9.17, 15) is 9.90 Å². The van der Waals surface area contributed by atoms with E-state index in [1.54, 1.807) is 0 Å². The Balaban J connectivity index is 1.89. The molecular formula is C16H30N2O2. The molecule has 116 valence electrons. The predicted molar refractivity (Wildman–Crippen MR) is 80.4 cm³/mol. The largest absolute Gasteiger partial charge is 0.393 e. The van der Waals surface area contributed by atoms with Crippen LogP contribution in [-0.4, -0.2) is 59.1 Å². The summed E-state index contributed by atoms with van der Waals surface area (Å²) in [5, 5.41) is 9.77. The highest BCUT2D eigenvalue weighted by atomic mass is 16.3. The van der Waals surface area contributed by atoms with Gasteiger partial charge in [-0.3, -0.25) is 9.69 Å². The molecule has 3 unspecified atom stereocenters. The van der Waals surface area contributed by atoms with Gasteiger partial charge in [0.2, 0.25) is 5.91 Å². The fraction of sp³-hybridized carbons (Fsp3) is 0.938. The molecule has 0 aromatic rings. The zero-order valence-corrected chi connectivity index (χ0v) is 13.2. The molecule has 4 heteroatoms. The van der Waals surface area contributed by atoms with Gasteiger partial charge in [0.1, 0.15) is 0 Å². The lowest BCUT2D eigenvalue weighted by Crippen LogP contribution is -2.52. The molecule has 0 saturated carbocycles. The summed E-state index contributed by atoms with van der Waals surface area (Å²) in [5.41, 5.74) is 0. The Morgan fingerprint density at radius 1 is 1.15 bits per heavy atom. The number of rotatable bonds is 3. The van der Waals surface area contributed by atoms with Crippen molar-refractivity contribution in [1.82, 2.24) is 9.80 Å². The molecule has 1 N–H and O–H groups in total. The number of amides is 1. The van der Waals surface area contributed by atoms with Gasteiger partial charge < -0.3 is 10.0 Å². The highest BCUT2D eigenvalue weighted by Gasteiger charge is 2.32. The van der Waals surface area contributed by atoms with Crippen LogP contribution in [0.3, 0.4) is 0 Å². The summed E-state index contributed by atoms with van der Waals surface area (Å²) in [6.45, 7) is 9.84. The van der Waals surface area contributed by atoms with Crippen LogP contribution in [0.1, 0.15) is 46.5 Å². The molecule has 1 amide bonds. The van der Waals surface area contributed by atoms with Gasteiger partial charge in [-0.2, -0.15) is 0 Å². The van der Waals surface area contributed by atoms with E-state index in [4.69, 9.17) is 0 Å². The van der Waals surface area contributed by atoms with Crippen LogP contribution in [0, 0.1) is 11.8 Å². The Morgan fingerprint density at radius 2 is 1.80 bits per heavy atom. The molecule has 0 radical (unpaired) electrons. The van der Waals surface area contributed by atoms with Crippen molar-refractivity contribution in [1.29, 1.82) is 0 Å². The molecule has 0 aliphatic carbocycles. The second kappa shape index (κ2) is 6.90. The minimum absolute atomic E-state index is 0.0371. The first-order chi connectivity index (χ1) is 9.49. The number of carbonyl (C=O) groups excluding carboxylic acids is 1. The summed E-state index contributed by atoms with van der Waals surface area (Å²) in [6, 6.07) is -0.0371. The first kappa shape index (κ1) is 15.8. The lowest BCUT2D eigenvalue weighted by atomic mass is 9.92. The number of hydrogen-bond donors (Lipinski definition) is 1. The van der Waals surface area contributed by atoms with Crippen LogP contribution < -0.4 is 0 Å². The maximum Gasteiger partial charge on any atom is 0.239 e. The summed E-state index contributed by atoms with van der Waals surface area (Å²) in [5.74, 6) is 1.35. The Hall–Kier alpha value is -0.610. The van der Waals surface area contributed by atoms with Crippen LogP contribution in [0.15, 0.2) is 0 Å². The van der Waals surface area contributed by atoms with Crippen molar-refractivity contribution >= 4 is 5.91 Å². The second-order valence-corrected chi connectivity index (χ2v) is 6.82. The highest BCUT2D eigenvalue weighted by Crippen LogP contribution is 2.23. The molecule has 0 aromatic heterocycles. The van der Waals surface area contributed by atoms with Crippen molar-refractivity contribution in [2.45, 2.75) is 58.6 Å². The van der Waals surface area contributed by atoms with E-state index < -0.39 is 0 Å². The van der Waals surface area contributed by atoms with Gasteiger partial charge in [0, 0.05) is 19.6 Å². The fourth-order valence-electron chi connectivity index (χ4n) is 3.44. The van der Waals surface area contributed by atoms with Crippen LogP contribution in [0.2, 0.25) is 0 Å². The van der Waals surface area contributed by atoms with Crippen LogP contribution in [0.25, 0.3) is 0 Å². The smallest absolute Gasteiger partial charge is 0.239 e. The topological polar surface area (TPSA) is 43.8 Å². The number of hydrogen-bond acceptors (Lipinski definition) is 3. The Morgan fingerprint density at radius 3 is 2.40 bits per heavy atom. The monoisotopic (exact) mass is 282 g/mol. The summed E-state index contributed by atoms with van der Waals surface area (Å²) >= 11 is 0. The van der Waals surface area contributed by atoms with E-state index >= 15 is 0 Å². The number of aliphatic hydroxyl groups is 1. The Bertz CT molecular complexity index is 324. The van der Waals surface area contributed by atoms with E-state index in [2.05, 4.69) is 11.8 Å². The van der Waals surface area contributed by atoms with E-state index in [0.29, 0.717) is 5.92 Å². The lowest BCUT2D eigenvalue weighted by molar-refractivity contribution is -0.138. The van der Waals surface area contributed by atoms with Crippen molar-refractivity contribution in [2.24, 2.45) is 11.8 Å². The first-order valence-electron chi connectivity index (χ1n) is 8.20. The summed E-state index contributed by atoms with van der Waals surface area (Å²) in [6.07, 6.45) is 4.17. The summed E-state index contributed by atoms with van der Waals surface area (Å²) < 4.78 is 0. The number of aliphatic hydroxyl groups excluding tert-OH is 1. The first-order valence-corrected chi connectivity index (χ1v) is 8.20. The zero-order valence-electron chi connectivity index (χ0n) is 13.2. The van der Waals surface area contributed by atoms with E-state index in [0.717, 1.165) is 57.8 Å². The van der Waals surface area contributed by atoms with Crippen molar-refractivity contribution in [3.8, 4) is 0 Å².